The molecule has 0 spiro atoms. The number of nitrogens with zero attached hydrogens (tertiary/aromatic N) is 4. The van der Waals surface area contributed by atoms with E-state index in [2.05, 4.69) is 10.9 Å². The van der Waals surface area contributed by atoms with Crippen molar-refractivity contribution in [2.24, 2.45) is 7.05 Å². The molecule has 1 aliphatic heterocycles. The molecule has 0 saturated heterocycles. The predicted molar refractivity (Wildman–Crippen MR) is 104 cm³/mol. The molecule has 9 heteroatoms. The van der Waals surface area contributed by atoms with E-state index in [0.29, 0.717) is 24.7 Å². The number of aliphatic hydroxyl groups excluding tert-OH is 2. The minimum absolute atomic E-state index is 0.0943. The largest absolute Gasteiger partial charge is 0.394 e. The average molecular weight is 379 g/mol. The van der Waals surface area contributed by atoms with Crippen LogP contribution >= 0.6 is 0 Å². The third-order valence-electron chi connectivity index (χ3n) is 4.61. The number of fused-ring (bicyclic) bond motifs is 1. The lowest BCUT2D eigenvalue weighted by Gasteiger charge is -2.22. The molecule has 0 fully saturated rings. The molecule has 0 aromatic carbocycles. The Bertz CT molecular complexity index is 711. The van der Waals surface area contributed by atoms with Gasteiger partial charge >= 0.3 is 0 Å². The number of nitrogen functional groups attached to an aromatic ring is 1. The van der Waals surface area contributed by atoms with E-state index in [9.17, 15) is 4.79 Å². The van der Waals surface area contributed by atoms with Gasteiger partial charge in [-0.2, -0.15) is 4.98 Å². The molecular weight excluding hydrogens is 350 g/mol. The number of nitrogens with two attached hydrogens (primary N) is 1. The summed E-state index contributed by atoms with van der Waals surface area (Å²) in [7, 11) is 1.59. The van der Waals surface area contributed by atoms with Crippen LogP contribution < -0.4 is 21.1 Å². The molecule has 0 amide bonds. The Morgan fingerprint density at radius 2 is 1.96 bits per heavy atom. The highest BCUT2D eigenvalue weighted by Crippen LogP contribution is 2.31. The van der Waals surface area contributed by atoms with Crippen LogP contribution in [0.3, 0.4) is 0 Å². The van der Waals surface area contributed by atoms with Gasteiger partial charge in [-0.25, -0.2) is 0 Å². The first-order chi connectivity index (χ1) is 13.0. The summed E-state index contributed by atoms with van der Waals surface area (Å²) in [6.45, 7) is 0.672. The second-order valence-electron chi connectivity index (χ2n) is 6.60. The van der Waals surface area contributed by atoms with E-state index in [-0.39, 0.29) is 31.5 Å². The molecule has 2 heterocycles. The second-order valence-corrected chi connectivity index (χ2v) is 6.60. The maximum Gasteiger partial charge on any atom is 0.280 e. The Labute approximate surface area is 159 Å². The topological polar surface area (TPSA) is 117 Å². The van der Waals surface area contributed by atoms with Crippen molar-refractivity contribution in [1.29, 1.82) is 0 Å². The van der Waals surface area contributed by atoms with Crippen LogP contribution in [0.15, 0.2) is 4.79 Å². The molecule has 0 atom stereocenters. The number of unbranched alkanes of at least 4 members (excludes halogenated alkanes) is 4. The van der Waals surface area contributed by atoms with E-state index in [1.54, 1.807) is 11.9 Å². The standard InChI is InChI=1S/C18H29N5O4/c1-3-4-5-6-7-8-9-22-12-23(13-27-14(10-24)11-25)16-15(22)17(26)21(2)18(19)20-16/h1,14,24-25H,4-13H2,2H3,(H2,19,20). The van der Waals surface area contributed by atoms with Gasteiger partial charge in [0, 0.05) is 20.0 Å². The van der Waals surface area contributed by atoms with E-state index in [4.69, 9.17) is 27.1 Å². The van der Waals surface area contributed by atoms with Crippen LogP contribution in [0.25, 0.3) is 0 Å². The van der Waals surface area contributed by atoms with Crippen LogP contribution in [0.2, 0.25) is 0 Å². The second kappa shape index (κ2) is 10.2. The van der Waals surface area contributed by atoms with Gasteiger partial charge in [-0.05, 0) is 12.8 Å². The summed E-state index contributed by atoms with van der Waals surface area (Å²) < 4.78 is 6.83. The van der Waals surface area contributed by atoms with Crippen molar-refractivity contribution in [3.63, 3.8) is 0 Å². The van der Waals surface area contributed by atoms with Crippen molar-refractivity contribution in [2.75, 3.05) is 48.7 Å². The van der Waals surface area contributed by atoms with E-state index in [1.807, 2.05) is 4.90 Å². The van der Waals surface area contributed by atoms with E-state index in [0.717, 1.165) is 32.1 Å². The van der Waals surface area contributed by atoms with E-state index >= 15 is 0 Å². The molecule has 27 heavy (non-hydrogen) atoms. The van der Waals surface area contributed by atoms with Crippen molar-refractivity contribution in [2.45, 2.75) is 38.2 Å². The molecule has 0 radical (unpaired) electrons. The van der Waals surface area contributed by atoms with E-state index in [1.165, 1.54) is 4.57 Å². The summed E-state index contributed by atoms with van der Waals surface area (Å²) in [6, 6.07) is 0. The minimum Gasteiger partial charge on any atom is -0.394 e. The lowest BCUT2D eigenvalue weighted by atomic mass is 10.1. The lowest BCUT2D eigenvalue weighted by molar-refractivity contribution is -0.0188. The maximum absolute atomic E-state index is 12.7. The number of ether oxygens (including phenoxy) is 1. The van der Waals surface area contributed by atoms with Crippen LogP contribution in [0.1, 0.15) is 32.1 Å². The first-order valence-corrected chi connectivity index (χ1v) is 9.16. The highest BCUT2D eigenvalue weighted by atomic mass is 16.5. The van der Waals surface area contributed by atoms with Crippen LogP contribution in [-0.4, -0.2) is 59.0 Å². The number of aromatic nitrogens is 2. The summed E-state index contributed by atoms with van der Waals surface area (Å²) in [5, 5.41) is 18.3. The Morgan fingerprint density at radius 3 is 2.63 bits per heavy atom. The molecule has 1 aromatic heterocycles. The smallest absolute Gasteiger partial charge is 0.280 e. The zero-order chi connectivity index (χ0) is 19.8. The van der Waals surface area contributed by atoms with Gasteiger partial charge in [-0.15, -0.1) is 12.3 Å². The SMILES string of the molecule is C#CCCCCCCN1CN(COC(CO)CO)c2nc(N)n(C)c(=O)c21. The van der Waals surface area contributed by atoms with Crippen molar-refractivity contribution >= 4 is 17.5 Å². The van der Waals surface area contributed by atoms with Crippen LogP contribution in [0.4, 0.5) is 17.5 Å². The number of anilines is 3. The molecule has 0 aliphatic carbocycles. The summed E-state index contributed by atoms with van der Waals surface area (Å²) in [5.74, 6) is 3.24. The molecular formula is C18H29N5O4. The van der Waals surface area contributed by atoms with Crippen molar-refractivity contribution in [1.82, 2.24) is 9.55 Å². The predicted octanol–water partition coefficient (Wildman–Crippen LogP) is -0.143. The number of hydrogen-bond acceptors (Lipinski definition) is 8. The van der Waals surface area contributed by atoms with Gasteiger partial charge in [-0.1, -0.05) is 12.8 Å². The van der Waals surface area contributed by atoms with Crippen LogP contribution in [0.5, 0.6) is 0 Å². The molecule has 9 nitrogen and oxygen atoms in total. The van der Waals surface area contributed by atoms with Gasteiger partial charge in [0.2, 0.25) is 5.95 Å². The molecule has 0 unspecified atom stereocenters. The lowest BCUT2D eigenvalue weighted by Crippen LogP contribution is -2.36. The fraction of sp³-hybridized carbons (Fsp3) is 0.667. The monoisotopic (exact) mass is 379 g/mol. The van der Waals surface area contributed by atoms with Crippen molar-refractivity contribution in [3.8, 4) is 12.3 Å². The minimum atomic E-state index is -0.678. The number of hydrogen-bond donors (Lipinski definition) is 3. The molecule has 150 valence electrons. The average Bonchev–Trinajstić information content (AvgIpc) is 3.01. The quantitative estimate of drug-likeness (QED) is 0.359. The summed E-state index contributed by atoms with van der Waals surface area (Å²) in [5.41, 5.74) is 6.15. The third kappa shape index (κ3) is 5.13. The zero-order valence-electron chi connectivity index (χ0n) is 15.8. The fourth-order valence-electron chi connectivity index (χ4n) is 2.96. The number of aliphatic hydroxyl groups is 2. The molecule has 1 aliphatic rings. The van der Waals surface area contributed by atoms with Gasteiger partial charge in [0.05, 0.1) is 19.9 Å². The highest BCUT2D eigenvalue weighted by molar-refractivity contribution is 5.72. The normalized spacial score (nSPS) is 13.3. The van der Waals surface area contributed by atoms with Crippen LogP contribution in [-0.2, 0) is 11.8 Å². The first kappa shape index (κ1) is 21.0. The Hall–Kier alpha value is -2.28. The van der Waals surface area contributed by atoms with Gasteiger partial charge in [0.25, 0.3) is 5.56 Å². The summed E-state index contributed by atoms with van der Waals surface area (Å²) >= 11 is 0. The zero-order valence-corrected chi connectivity index (χ0v) is 15.8. The van der Waals surface area contributed by atoms with Gasteiger partial charge in [-0.3, -0.25) is 9.36 Å². The van der Waals surface area contributed by atoms with Gasteiger partial charge in [0.15, 0.2) is 5.82 Å². The molecule has 0 saturated carbocycles. The molecule has 4 N–H and O–H groups in total. The summed E-state index contributed by atoms with van der Waals surface area (Å²) in [6.07, 6.45) is 9.41. The number of rotatable bonds is 11. The number of terminal acetylenes is 1. The van der Waals surface area contributed by atoms with Gasteiger partial charge in [0.1, 0.15) is 18.5 Å². The first-order valence-electron chi connectivity index (χ1n) is 9.16. The Balaban J connectivity index is 2.08. The Kier molecular flexibility index (Phi) is 7.91. The van der Waals surface area contributed by atoms with Crippen LogP contribution in [0, 0.1) is 12.3 Å². The highest BCUT2D eigenvalue weighted by Gasteiger charge is 2.31. The van der Waals surface area contributed by atoms with E-state index < -0.39 is 6.10 Å². The molecule has 0 bridgehead atoms. The third-order valence-corrected chi connectivity index (χ3v) is 4.61. The maximum atomic E-state index is 12.7. The molecule has 2 rings (SSSR count). The van der Waals surface area contributed by atoms with Crippen molar-refractivity contribution < 1.29 is 14.9 Å². The van der Waals surface area contributed by atoms with Crippen molar-refractivity contribution in [3.05, 3.63) is 10.4 Å². The molecule has 1 aromatic rings. The summed E-state index contributed by atoms with van der Waals surface area (Å²) in [4.78, 5) is 20.8. The van der Waals surface area contributed by atoms with Gasteiger partial charge < -0.3 is 30.5 Å². The Morgan fingerprint density at radius 1 is 1.26 bits per heavy atom. The fourth-order valence-corrected chi connectivity index (χ4v) is 2.96.